The van der Waals surface area contributed by atoms with Gasteiger partial charge in [-0.05, 0) is 42.5 Å². The van der Waals surface area contributed by atoms with Crippen LogP contribution in [0.5, 0.6) is 0 Å². The van der Waals surface area contributed by atoms with E-state index in [4.69, 9.17) is 99.8 Å². The van der Waals surface area contributed by atoms with Crippen LogP contribution in [0.1, 0.15) is 79.3 Å². The Morgan fingerprint density at radius 3 is 1.43 bits per heavy atom. The van der Waals surface area contributed by atoms with Crippen LogP contribution in [0.2, 0.25) is 0 Å². The Labute approximate surface area is 773 Å². The molecule has 24 atom stereocenters. The van der Waals surface area contributed by atoms with E-state index in [2.05, 4.69) is 40.4 Å². The summed E-state index contributed by atoms with van der Waals surface area (Å²) in [6.45, 7) is -12.9. The number of fused-ring (bicyclic) bond motifs is 2. The lowest BCUT2D eigenvalue weighted by Gasteiger charge is -2.36. The number of H-pyrrole nitrogens is 2. The summed E-state index contributed by atoms with van der Waals surface area (Å²) in [6.07, 6.45) is -32.8. The minimum Gasteiger partial charge on any atom is -0.394 e. The van der Waals surface area contributed by atoms with Gasteiger partial charge in [-0.2, -0.15) is 15.4 Å². The van der Waals surface area contributed by atoms with E-state index < -0.39 is 286 Å². The Morgan fingerprint density at radius 2 is 0.942 bits per heavy atom. The Kier molecular flexibility index (Phi) is 36.2. The molecular weight excluding hydrogens is 1930 g/mol. The first kappa shape index (κ1) is 106. The van der Waals surface area contributed by atoms with Gasteiger partial charge >= 0.3 is 50.5 Å². The fraction of sp³-hybridized carbons (Fsp3) is 0.526. The number of aryl methyl sites for hydroxylation is 1. The molecule has 0 saturated carbocycles. The average Bonchev–Trinajstić information content (AvgIpc) is 1.67. The van der Waals surface area contributed by atoms with Gasteiger partial charge < -0.3 is 107 Å². The number of nitrogens with two attached hydrogens (primary N) is 3. The number of nitrogens with one attached hydrogen (secondary N) is 3. The maximum atomic E-state index is 15.9. The van der Waals surface area contributed by atoms with Gasteiger partial charge in [0, 0.05) is 24.4 Å². The number of benzene rings is 3. The van der Waals surface area contributed by atoms with Gasteiger partial charge in [0.25, 0.3) is 11.1 Å². The number of anilines is 3. The summed E-state index contributed by atoms with van der Waals surface area (Å²) >= 11 is 0. The monoisotopic (exact) mass is 2030 g/mol. The molecule has 9 aromatic rings. The summed E-state index contributed by atoms with van der Waals surface area (Å²) in [7, 11) is -27.9. The standard InChI is InChI=1S/C76H103N16O40P5/c1-42-26-90(75(107)87-68(42)104)56-25-50(129-134(110,111)117-31-46(97)27-93)51(125-56)35-122-135(112,119-32-47(98)28-94)132-64-54(128-72(61(64)103)92-41-83-58-67(92)85-73(79)86-69(58)105)38-124-137(114,121-34-49(100)30-96)131-63-53(126-70(59(63)101)89-22-21-55(77)84-74(89)106)37-123-136(113,120-33-48(99)29-95)130-62-52(127-71(60(62)102)91-40-82-57-65(78)80-39-81-66(57)91)36-118-133(108,109)116-24-14-3-2-13-23-115-88-76(43-15-7-4-8-16-43,44-17-9-5-10-18-44)45-19-11-6-12-20-45/h4-12,15-22,26,39-41,46-54,56,59-64,70-72,88,93-103H,2-3,13-14,23-25,27-38H2,1H3,(H,108,109)(H,110,111)(H2,77,84,106)(H2,78,80,81)(H,87,104,107)(H3,79,85,86,105)/t46?,47?,48?,49?,50-,51+,52+,53+,54+,56+,59+,60+,61+,62+,63+,64+,70+,71+,72+,135?,136?,137?/m0/s1. The zero-order valence-corrected chi connectivity index (χ0v) is 76.8. The van der Waals surface area contributed by atoms with Crippen molar-refractivity contribution in [3.8, 4) is 0 Å². The smallest absolute Gasteiger partial charge is 0.394 e. The van der Waals surface area contributed by atoms with Crippen molar-refractivity contribution in [1.29, 1.82) is 0 Å². The molecule has 9 unspecified atom stereocenters. The van der Waals surface area contributed by atoms with Gasteiger partial charge in [-0.25, -0.2) is 52.4 Å². The number of aliphatic hydroxyl groups excluding tert-OH is 11. The molecule has 752 valence electrons. The number of aromatic nitrogens is 12. The lowest BCUT2D eigenvalue weighted by Crippen LogP contribution is -2.44. The van der Waals surface area contributed by atoms with Crippen LogP contribution in [0, 0.1) is 6.92 Å². The fourth-order valence-electron chi connectivity index (χ4n) is 14.7. The van der Waals surface area contributed by atoms with Crippen molar-refractivity contribution in [2.45, 2.75) is 161 Å². The number of nitrogen functional groups attached to an aromatic ring is 3. The lowest BCUT2D eigenvalue weighted by molar-refractivity contribution is -0.0711. The second-order valence-electron chi connectivity index (χ2n) is 31.3. The first-order valence-electron chi connectivity index (χ1n) is 42.1. The number of hydrogen-bond acceptors (Lipinski definition) is 48. The van der Waals surface area contributed by atoms with Crippen molar-refractivity contribution in [1.82, 2.24) is 63.6 Å². The van der Waals surface area contributed by atoms with E-state index in [-0.39, 0.29) is 48.0 Å². The highest BCUT2D eigenvalue weighted by molar-refractivity contribution is 7.49. The third kappa shape index (κ3) is 26.2. The predicted molar refractivity (Wildman–Crippen MR) is 464 cm³/mol. The maximum absolute atomic E-state index is 15.9. The van der Waals surface area contributed by atoms with E-state index in [1.54, 1.807) is 0 Å². The predicted octanol–water partition coefficient (Wildman–Crippen LogP) is -1.41. The lowest BCUT2D eigenvalue weighted by atomic mass is 9.78. The van der Waals surface area contributed by atoms with E-state index in [1.165, 1.54) is 6.92 Å². The molecule has 4 aliphatic heterocycles. The van der Waals surface area contributed by atoms with Gasteiger partial charge in [0.15, 0.2) is 41.3 Å². The first-order valence-corrected chi connectivity index (χ1v) is 49.5. The molecule has 4 aliphatic rings. The van der Waals surface area contributed by atoms with Gasteiger partial charge in [-0.3, -0.25) is 96.6 Å². The van der Waals surface area contributed by atoms with Gasteiger partial charge in [0.1, 0.15) is 121 Å². The Morgan fingerprint density at radius 1 is 0.489 bits per heavy atom. The molecule has 0 spiro atoms. The Bertz CT molecular complexity index is 5910. The summed E-state index contributed by atoms with van der Waals surface area (Å²) in [4.78, 5) is 109. The molecular formula is C76H103N16O40P5. The van der Waals surface area contributed by atoms with E-state index in [9.17, 15) is 94.3 Å². The number of phosphoric ester groups is 5. The summed E-state index contributed by atoms with van der Waals surface area (Å²) in [5.74, 6) is -1.07. The molecule has 22 N–H and O–H groups in total. The van der Waals surface area contributed by atoms with Crippen LogP contribution >= 0.6 is 39.1 Å². The fourth-order valence-corrected chi connectivity index (χ4v) is 20.7. The number of imidazole rings is 2. The number of ether oxygens (including phenoxy) is 4. The SMILES string of the molecule is Cc1cn([C@H]2C[C@H](OP(=O)(O)OCC(O)CO)[C@@H](COP(=O)(OCC(O)CO)O[C@H]3[C@@H](O)[C@H](n4cnc5c(=O)[nH]c(N)nc54)O[C@@H]3COP(=O)(OCC(O)CO)O[C@H]3[C@@H](O)[C@H](n4ccc(N)nc4=O)O[C@@H]3COP(=O)(OCC(O)CO)O[C@H]3[C@@H](O)[C@H](n4cnc5c(N)ncnc54)O[C@@H]3COP(=O)(O)OCCCCCCONC(c3ccccc3)(c3ccccc3)c3ccccc3)O2)c(=O)[nH]c1=O. The molecule has 6 aromatic heterocycles. The number of aromatic amines is 2. The second-order valence-corrected chi connectivity index (χ2v) is 39.0. The molecule has 13 rings (SSSR count). The summed E-state index contributed by atoms with van der Waals surface area (Å²) in [6, 6.07) is 30.3. The molecule has 0 bridgehead atoms. The molecule has 0 radical (unpaired) electrons. The summed E-state index contributed by atoms with van der Waals surface area (Å²) in [5.41, 5.74) is 17.9. The van der Waals surface area contributed by atoms with Gasteiger partial charge in [-0.15, -0.1) is 0 Å². The minimum absolute atomic E-state index is 0.0291. The normalized spacial score (nSPS) is 25.7. The molecule has 137 heavy (non-hydrogen) atoms. The highest BCUT2D eigenvalue weighted by Crippen LogP contribution is 2.60. The van der Waals surface area contributed by atoms with Crippen LogP contribution in [0.3, 0.4) is 0 Å². The van der Waals surface area contributed by atoms with Gasteiger partial charge in [0.2, 0.25) is 5.95 Å². The number of hydroxylamine groups is 1. The van der Waals surface area contributed by atoms with E-state index in [1.807, 2.05) is 96.0 Å². The first-order chi connectivity index (χ1) is 65.4. The molecule has 0 aliphatic carbocycles. The number of rotatable bonds is 53. The van der Waals surface area contributed by atoms with Crippen LogP contribution in [0.25, 0.3) is 22.3 Å². The molecule has 3 aromatic carbocycles. The van der Waals surface area contributed by atoms with Crippen LogP contribution < -0.4 is 45.2 Å². The number of phosphoric acid groups is 5. The third-order valence-electron chi connectivity index (χ3n) is 21.5. The molecule has 56 nitrogen and oxygen atoms in total. The highest BCUT2D eigenvalue weighted by atomic mass is 31.2. The molecule has 61 heteroatoms. The van der Waals surface area contributed by atoms with Crippen molar-refractivity contribution in [2.75, 3.05) is 110 Å². The second kappa shape index (κ2) is 46.9. The van der Waals surface area contributed by atoms with Crippen LogP contribution in [0.4, 0.5) is 17.6 Å². The molecule has 4 saturated heterocycles. The van der Waals surface area contributed by atoms with Crippen molar-refractivity contribution < 1.29 is 171 Å². The molecule has 4 fully saturated rings. The van der Waals surface area contributed by atoms with Crippen molar-refractivity contribution in [2.24, 2.45) is 0 Å². The van der Waals surface area contributed by atoms with Crippen LogP contribution in [0.15, 0.2) is 148 Å². The number of unbranched alkanes of at least 4 members (excludes halogenated alkanes) is 3. The largest absolute Gasteiger partial charge is 0.475 e. The zero-order valence-electron chi connectivity index (χ0n) is 72.3. The van der Waals surface area contributed by atoms with E-state index in [0.29, 0.717) is 23.8 Å². The highest BCUT2D eigenvalue weighted by Gasteiger charge is 2.57. The Hall–Kier alpha value is -8.61. The third-order valence-corrected chi connectivity index (χ3v) is 27.8. The number of nitrogens with zero attached hydrogens (tertiary/aromatic N) is 10. The van der Waals surface area contributed by atoms with Gasteiger partial charge in [0.05, 0.1) is 105 Å². The van der Waals surface area contributed by atoms with Crippen molar-refractivity contribution >= 4 is 79.0 Å². The summed E-state index contributed by atoms with van der Waals surface area (Å²) < 4.78 is 176. The Balaban J connectivity index is 0.759. The van der Waals surface area contributed by atoms with Crippen molar-refractivity contribution in [3.05, 3.63) is 192 Å². The molecule has 10 heterocycles. The van der Waals surface area contributed by atoms with Crippen LogP contribution in [-0.4, -0.2) is 308 Å². The van der Waals surface area contributed by atoms with Crippen molar-refractivity contribution in [3.63, 3.8) is 0 Å². The number of hydrogen-bond donors (Lipinski definition) is 19. The average molecular weight is 2040 g/mol. The van der Waals surface area contributed by atoms with E-state index in [0.717, 1.165) is 67.8 Å². The van der Waals surface area contributed by atoms with Gasteiger partial charge in [-0.1, -0.05) is 104 Å². The van der Waals surface area contributed by atoms with E-state index >= 15 is 13.7 Å². The molecule has 0 amide bonds. The quantitative estimate of drug-likeness (QED) is 0.00901. The topological polar surface area (TPSA) is 801 Å². The number of aliphatic hydroxyl groups is 11. The minimum atomic E-state index is -5.91. The summed E-state index contributed by atoms with van der Waals surface area (Å²) in [5, 5.41) is 119. The zero-order chi connectivity index (χ0) is 98.3. The van der Waals surface area contributed by atoms with Crippen LogP contribution in [-0.2, 0) is 111 Å². The maximum Gasteiger partial charge on any atom is 0.475 e.